The molecule has 0 saturated carbocycles. The summed E-state index contributed by atoms with van der Waals surface area (Å²) in [4.78, 5) is 2.29. The fraction of sp³-hybridized carbons (Fsp3) is 0.647. The van der Waals surface area contributed by atoms with Crippen LogP contribution in [0.25, 0.3) is 0 Å². The van der Waals surface area contributed by atoms with Crippen molar-refractivity contribution in [2.75, 3.05) is 20.1 Å². The molecule has 1 unspecified atom stereocenters. The first kappa shape index (κ1) is 17.0. The lowest BCUT2D eigenvalue weighted by molar-refractivity contribution is 0.217. The lowest BCUT2D eigenvalue weighted by atomic mass is 9.96. The SMILES string of the molecule is CC(C)Oc1ccc(C(N)CN(C)CC(C)(C)C)cc1. The summed E-state index contributed by atoms with van der Waals surface area (Å²) >= 11 is 0. The molecule has 0 aromatic heterocycles. The molecule has 1 atom stereocenters. The maximum absolute atomic E-state index is 6.28. The van der Waals surface area contributed by atoms with Crippen LogP contribution in [-0.2, 0) is 0 Å². The van der Waals surface area contributed by atoms with Gasteiger partial charge in [0.15, 0.2) is 0 Å². The molecule has 114 valence electrons. The van der Waals surface area contributed by atoms with Crippen LogP contribution in [-0.4, -0.2) is 31.1 Å². The Balaban J connectivity index is 2.57. The molecule has 3 heteroatoms. The average Bonchev–Trinajstić information content (AvgIpc) is 2.26. The van der Waals surface area contributed by atoms with Gasteiger partial charge in [-0.3, -0.25) is 0 Å². The van der Waals surface area contributed by atoms with Gasteiger partial charge in [0.2, 0.25) is 0 Å². The van der Waals surface area contributed by atoms with Crippen molar-refractivity contribution in [3.8, 4) is 5.75 Å². The van der Waals surface area contributed by atoms with Crippen molar-refractivity contribution in [3.63, 3.8) is 0 Å². The maximum Gasteiger partial charge on any atom is 0.119 e. The van der Waals surface area contributed by atoms with Crippen LogP contribution in [0.4, 0.5) is 0 Å². The minimum Gasteiger partial charge on any atom is -0.491 e. The van der Waals surface area contributed by atoms with E-state index >= 15 is 0 Å². The molecule has 1 aromatic rings. The summed E-state index contributed by atoms with van der Waals surface area (Å²) < 4.78 is 5.64. The van der Waals surface area contributed by atoms with E-state index in [1.807, 2.05) is 26.0 Å². The summed E-state index contributed by atoms with van der Waals surface area (Å²) in [6, 6.07) is 8.16. The molecule has 0 aliphatic rings. The van der Waals surface area contributed by atoms with Gasteiger partial charge in [-0.15, -0.1) is 0 Å². The van der Waals surface area contributed by atoms with E-state index in [0.29, 0.717) is 5.41 Å². The molecule has 0 amide bonds. The first-order chi connectivity index (χ1) is 9.17. The van der Waals surface area contributed by atoms with Crippen LogP contribution in [0.2, 0.25) is 0 Å². The number of rotatable bonds is 6. The Labute approximate surface area is 124 Å². The molecule has 0 heterocycles. The molecule has 0 saturated heterocycles. The van der Waals surface area contributed by atoms with Crippen molar-refractivity contribution >= 4 is 0 Å². The monoisotopic (exact) mass is 278 g/mol. The third kappa shape index (κ3) is 6.40. The van der Waals surface area contributed by atoms with Crippen LogP contribution < -0.4 is 10.5 Å². The normalized spacial score (nSPS) is 13.8. The number of hydrogen-bond donors (Lipinski definition) is 1. The van der Waals surface area contributed by atoms with Crippen LogP contribution in [0.1, 0.15) is 46.2 Å². The molecule has 1 aromatic carbocycles. The summed E-state index contributed by atoms with van der Waals surface area (Å²) in [5.41, 5.74) is 7.73. The van der Waals surface area contributed by atoms with Crippen molar-refractivity contribution in [1.29, 1.82) is 0 Å². The smallest absolute Gasteiger partial charge is 0.119 e. The van der Waals surface area contributed by atoms with Gasteiger partial charge in [-0.25, -0.2) is 0 Å². The predicted octanol–water partition coefficient (Wildman–Crippen LogP) is 3.45. The fourth-order valence-electron chi connectivity index (χ4n) is 2.38. The van der Waals surface area contributed by atoms with Gasteiger partial charge in [-0.1, -0.05) is 32.9 Å². The van der Waals surface area contributed by atoms with Crippen LogP contribution >= 0.6 is 0 Å². The molecule has 0 radical (unpaired) electrons. The highest BCUT2D eigenvalue weighted by Crippen LogP contribution is 2.20. The van der Waals surface area contributed by atoms with Crippen LogP contribution in [0, 0.1) is 5.41 Å². The molecule has 2 N–H and O–H groups in total. The summed E-state index contributed by atoms with van der Waals surface area (Å²) in [5.74, 6) is 0.902. The van der Waals surface area contributed by atoms with E-state index in [-0.39, 0.29) is 12.1 Å². The summed E-state index contributed by atoms with van der Waals surface area (Å²) in [5, 5.41) is 0. The second-order valence-corrected chi connectivity index (χ2v) is 7.10. The van der Waals surface area contributed by atoms with Gasteiger partial charge in [0.05, 0.1) is 6.10 Å². The minimum atomic E-state index is 0.0375. The topological polar surface area (TPSA) is 38.5 Å². The molecule has 0 fully saturated rings. The first-order valence-corrected chi connectivity index (χ1v) is 7.38. The van der Waals surface area contributed by atoms with E-state index in [2.05, 4.69) is 44.9 Å². The van der Waals surface area contributed by atoms with E-state index < -0.39 is 0 Å². The number of nitrogens with zero attached hydrogens (tertiary/aromatic N) is 1. The van der Waals surface area contributed by atoms with E-state index in [0.717, 1.165) is 24.4 Å². The van der Waals surface area contributed by atoms with Crippen molar-refractivity contribution in [2.45, 2.75) is 46.8 Å². The molecular weight excluding hydrogens is 248 g/mol. The van der Waals surface area contributed by atoms with Crippen molar-refractivity contribution < 1.29 is 4.74 Å². The zero-order valence-corrected chi connectivity index (χ0v) is 13.8. The Morgan fingerprint density at radius 3 is 2.15 bits per heavy atom. The van der Waals surface area contributed by atoms with E-state index in [9.17, 15) is 0 Å². The van der Waals surface area contributed by atoms with Crippen molar-refractivity contribution in [1.82, 2.24) is 4.90 Å². The van der Waals surface area contributed by atoms with Gasteiger partial charge >= 0.3 is 0 Å². The van der Waals surface area contributed by atoms with E-state index in [4.69, 9.17) is 10.5 Å². The van der Waals surface area contributed by atoms with Gasteiger partial charge in [-0.05, 0) is 44.0 Å². The Hall–Kier alpha value is -1.06. The van der Waals surface area contributed by atoms with Gasteiger partial charge < -0.3 is 15.4 Å². The van der Waals surface area contributed by atoms with Crippen molar-refractivity contribution in [3.05, 3.63) is 29.8 Å². The first-order valence-electron chi connectivity index (χ1n) is 7.38. The number of benzene rings is 1. The standard InChI is InChI=1S/C17H30N2O/c1-13(2)20-15-9-7-14(8-10-15)16(18)11-19(6)12-17(3,4)5/h7-10,13,16H,11-12,18H2,1-6H3. The van der Waals surface area contributed by atoms with Crippen LogP contribution in [0.5, 0.6) is 5.75 Å². The van der Waals surface area contributed by atoms with Crippen molar-refractivity contribution in [2.24, 2.45) is 11.1 Å². The second-order valence-electron chi connectivity index (χ2n) is 7.10. The predicted molar refractivity (Wildman–Crippen MR) is 86.1 cm³/mol. The molecule has 0 aliphatic heterocycles. The number of likely N-dealkylation sites (N-methyl/N-ethyl adjacent to an activating group) is 1. The average molecular weight is 278 g/mol. The Kier molecular flexibility index (Phi) is 6.03. The largest absolute Gasteiger partial charge is 0.491 e. The van der Waals surface area contributed by atoms with Gasteiger partial charge in [0.25, 0.3) is 0 Å². The van der Waals surface area contributed by atoms with Gasteiger partial charge in [0.1, 0.15) is 5.75 Å². The molecule has 1 rings (SSSR count). The Morgan fingerprint density at radius 1 is 1.15 bits per heavy atom. The zero-order chi connectivity index (χ0) is 15.3. The third-order valence-corrected chi connectivity index (χ3v) is 2.93. The summed E-state index contributed by atoms with van der Waals surface area (Å²) in [6.07, 6.45) is 0.201. The lowest BCUT2D eigenvalue weighted by Gasteiger charge is -2.28. The molecule has 0 aliphatic carbocycles. The highest BCUT2D eigenvalue weighted by Gasteiger charge is 2.16. The highest BCUT2D eigenvalue weighted by atomic mass is 16.5. The number of ether oxygens (including phenoxy) is 1. The summed E-state index contributed by atoms with van der Waals surface area (Å²) in [7, 11) is 2.13. The number of nitrogens with two attached hydrogens (primary N) is 1. The third-order valence-electron chi connectivity index (χ3n) is 2.93. The number of hydrogen-bond acceptors (Lipinski definition) is 3. The molecule has 0 bridgehead atoms. The molecule has 0 spiro atoms. The Morgan fingerprint density at radius 2 is 1.70 bits per heavy atom. The maximum atomic E-state index is 6.28. The molecule has 20 heavy (non-hydrogen) atoms. The fourth-order valence-corrected chi connectivity index (χ4v) is 2.38. The van der Waals surface area contributed by atoms with Gasteiger partial charge in [0, 0.05) is 19.1 Å². The van der Waals surface area contributed by atoms with Crippen LogP contribution in [0.3, 0.4) is 0 Å². The minimum absolute atomic E-state index is 0.0375. The molecule has 3 nitrogen and oxygen atoms in total. The van der Waals surface area contributed by atoms with E-state index in [1.54, 1.807) is 0 Å². The summed E-state index contributed by atoms with van der Waals surface area (Å²) in [6.45, 7) is 12.7. The zero-order valence-electron chi connectivity index (χ0n) is 13.8. The van der Waals surface area contributed by atoms with Crippen LogP contribution in [0.15, 0.2) is 24.3 Å². The highest BCUT2D eigenvalue weighted by molar-refractivity contribution is 5.29. The lowest BCUT2D eigenvalue weighted by Crippen LogP contribution is -2.35. The quantitative estimate of drug-likeness (QED) is 0.866. The van der Waals surface area contributed by atoms with E-state index in [1.165, 1.54) is 0 Å². The second kappa shape index (κ2) is 7.09. The Bertz CT molecular complexity index is 392. The molecular formula is C17H30N2O. The van der Waals surface area contributed by atoms with Gasteiger partial charge in [-0.2, -0.15) is 0 Å².